The zero-order valence-corrected chi connectivity index (χ0v) is 14.7. The Labute approximate surface area is 152 Å². The predicted molar refractivity (Wildman–Crippen MR) is 101 cm³/mol. The first-order valence-corrected chi connectivity index (χ1v) is 8.20. The Balaban J connectivity index is 1.71. The van der Waals surface area contributed by atoms with Crippen LogP contribution in [0.15, 0.2) is 61.1 Å². The standard InChI is InChI=1S/C20H20N4O2/c1-14-6-7-19(26-2)18(9-14)24-20(25)15-10-17(12-21-11-15)23-13-16-5-3-4-8-22-16/h3-12,23H,13H2,1-2H3,(H,24,25). The van der Waals surface area contributed by atoms with E-state index in [0.29, 0.717) is 23.5 Å². The summed E-state index contributed by atoms with van der Waals surface area (Å²) in [4.78, 5) is 21.0. The Morgan fingerprint density at radius 1 is 1.15 bits per heavy atom. The van der Waals surface area contributed by atoms with Crippen molar-refractivity contribution in [3.05, 3.63) is 77.9 Å². The van der Waals surface area contributed by atoms with Gasteiger partial charge in [0.05, 0.1) is 36.3 Å². The van der Waals surface area contributed by atoms with Gasteiger partial charge in [-0.25, -0.2) is 0 Å². The lowest BCUT2D eigenvalue weighted by Gasteiger charge is -2.12. The first-order chi connectivity index (χ1) is 12.7. The molecule has 0 aliphatic rings. The molecule has 0 fully saturated rings. The third kappa shape index (κ3) is 4.36. The topological polar surface area (TPSA) is 76.1 Å². The van der Waals surface area contributed by atoms with Crippen molar-refractivity contribution in [2.24, 2.45) is 0 Å². The zero-order chi connectivity index (χ0) is 18.4. The molecule has 1 amide bonds. The molecule has 0 saturated carbocycles. The molecule has 0 radical (unpaired) electrons. The van der Waals surface area contributed by atoms with Gasteiger partial charge in [-0.1, -0.05) is 12.1 Å². The molecule has 2 heterocycles. The molecule has 3 aromatic rings. The van der Waals surface area contributed by atoms with Crippen molar-refractivity contribution in [1.29, 1.82) is 0 Å². The van der Waals surface area contributed by atoms with Crippen molar-refractivity contribution in [3.63, 3.8) is 0 Å². The van der Waals surface area contributed by atoms with Crippen LogP contribution < -0.4 is 15.4 Å². The van der Waals surface area contributed by atoms with E-state index in [1.165, 1.54) is 6.20 Å². The van der Waals surface area contributed by atoms with Crippen LogP contribution in [0.1, 0.15) is 21.6 Å². The Bertz CT molecular complexity index is 897. The summed E-state index contributed by atoms with van der Waals surface area (Å²) in [5.41, 5.74) is 3.78. The second-order valence-electron chi connectivity index (χ2n) is 5.79. The number of methoxy groups -OCH3 is 1. The summed E-state index contributed by atoms with van der Waals surface area (Å²) >= 11 is 0. The number of hydrogen-bond acceptors (Lipinski definition) is 5. The van der Waals surface area contributed by atoms with Crippen molar-refractivity contribution < 1.29 is 9.53 Å². The average molecular weight is 348 g/mol. The number of amides is 1. The lowest BCUT2D eigenvalue weighted by molar-refractivity contribution is 0.102. The zero-order valence-electron chi connectivity index (χ0n) is 14.7. The van der Waals surface area contributed by atoms with Crippen LogP contribution in [0.5, 0.6) is 5.75 Å². The number of ether oxygens (including phenoxy) is 1. The third-order valence-corrected chi connectivity index (χ3v) is 3.80. The van der Waals surface area contributed by atoms with Crippen molar-refractivity contribution in [3.8, 4) is 5.75 Å². The number of nitrogens with zero attached hydrogens (tertiary/aromatic N) is 2. The van der Waals surface area contributed by atoms with Gasteiger partial charge in [-0.2, -0.15) is 0 Å². The van der Waals surface area contributed by atoms with E-state index in [2.05, 4.69) is 20.6 Å². The summed E-state index contributed by atoms with van der Waals surface area (Å²) in [5, 5.41) is 6.10. The molecule has 6 nitrogen and oxygen atoms in total. The first-order valence-electron chi connectivity index (χ1n) is 8.20. The van der Waals surface area contributed by atoms with E-state index >= 15 is 0 Å². The molecule has 0 spiro atoms. The number of anilines is 2. The Morgan fingerprint density at radius 2 is 2.04 bits per heavy atom. The summed E-state index contributed by atoms with van der Waals surface area (Å²) in [6.45, 7) is 2.51. The molecule has 2 aromatic heterocycles. The quantitative estimate of drug-likeness (QED) is 0.711. The smallest absolute Gasteiger partial charge is 0.257 e. The summed E-state index contributed by atoms with van der Waals surface area (Å²) in [7, 11) is 1.57. The highest BCUT2D eigenvalue weighted by molar-refractivity contribution is 6.05. The fraction of sp³-hybridized carbons (Fsp3) is 0.150. The van der Waals surface area contributed by atoms with Crippen LogP contribution >= 0.6 is 0 Å². The molecule has 0 bridgehead atoms. The number of carbonyl (C=O) groups excluding carboxylic acids is 1. The minimum Gasteiger partial charge on any atom is -0.495 e. The van der Waals surface area contributed by atoms with Gasteiger partial charge in [0.2, 0.25) is 0 Å². The normalized spacial score (nSPS) is 10.2. The van der Waals surface area contributed by atoms with Gasteiger partial charge in [-0.3, -0.25) is 14.8 Å². The summed E-state index contributed by atoms with van der Waals surface area (Å²) in [5.74, 6) is 0.365. The maximum atomic E-state index is 12.6. The molecule has 0 aliphatic carbocycles. The number of aromatic nitrogens is 2. The van der Waals surface area contributed by atoms with Crippen LogP contribution in [0.3, 0.4) is 0 Å². The molecule has 1 aromatic carbocycles. The highest BCUT2D eigenvalue weighted by atomic mass is 16.5. The molecule has 132 valence electrons. The van der Waals surface area contributed by atoms with E-state index in [1.807, 2.05) is 43.3 Å². The predicted octanol–water partition coefficient (Wildman–Crippen LogP) is 3.66. The van der Waals surface area contributed by atoms with Gasteiger partial charge in [-0.05, 0) is 42.8 Å². The van der Waals surface area contributed by atoms with E-state index < -0.39 is 0 Å². The second kappa shape index (κ2) is 8.11. The molecule has 0 saturated heterocycles. The lowest BCUT2D eigenvalue weighted by atomic mass is 10.2. The largest absolute Gasteiger partial charge is 0.495 e. The first kappa shape index (κ1) is 17.4. The number of benzene rings is 1. The summed E-state index contributed by atoms with van der Waals surface area (Å²) < 4.78 is 5.30. The average Bonchev–Trinajstić information content (AvgIpc) is 2.67. The molecular weight excluding hydrogens is 328 g/mol. The Hall–Kier alpha value is -3.41. The Kier molecular flexibility index (Phi) is 5.43. The third-order valence-electron chi connectivity index (χ3n) is 3.80. The molecule has 26 heavy (non-hydrogen) atoms. The number of nitrogens with one attached hydrogen (secondary N) is 2. The van der Waals surface area contributed by atoms with E-state index in [1.54, 1.807) is 25.6 Å². The van der Waals surface area contributed by atoms with E-state index in [9.17, 15) is 4.79 Å². The SMILES string of the molecule is COc1ccc(C)cc1NC(=O)c1cncc(NCc2ccccn2)c1. The van der Waals surface area contributed by atoms with Crippen LogP contribution in [-0.2, 0) is 6.54 Å². The maximum absolute atomic E-state index is 12.6. The van der Waals surface area contributed by atoms with Gasteiger partial charge in [0, 0.05) is 18.6 Å². The summed E-state index contributed by atoms with van der Waals surface area (Å²) in [6.07, 6.45) is 4.95. The second-order valence-corrected chi connectivity index (χ2v) is 5.79. The van der Waals surface area contributed by atoms with Crippen LogP contribution in [0.25, 0.3) is 0 Å². The fourth-order valence-electron chi connectivity index (χ4n) is 2.47. The van der Waals surface area contributed by atoms with Crippen LogP contribution in [0.4, 0.5) is 11.4 Å². The molecular formula is C20H20N4O2. The minimum absolute atomic E-state index is 0.247. The van der Waals surface area contributed by atoms with Gasteiger partial charge >= 0.3 is 0 Å². The van der Waals surface area contributed by atoms with Gasteiger partial charge in [0.15, 0.2) is 0 Å². The van der Waals surface area contributed by atoms with Crippen molar-refractivity contribution in [2.45, 2.75) is 13.5 Å². The molecule has 3 rings (SSSR count). The van der Waals surface area contributed by atoms with E-state index in [-0.39, 0.29) is 5.91 Å². The van der Waals surface area contributed by atoms with E-state index in [4.69, 9.17) is 4.74 Å². The highest BCUT2D eigenvalue weighted by Crippen LogP contribution is 2.25. The van der Waals surface area contributed by atoms with Crippen LogP contribution in [0, 0.1) is 6.92 Å². The maximum Gasteiger partial charge on any atom is 0.257 e. The van der Waals surface area contributed by atoms with Crippen LogP contribution in [0.2, 0.25) is 0 Å². The molecule has 2 N–H and O–H groups in total. The number of carbonyl (C=O) groups is 1. The molecule has 0 aliphatic heterocycles. The summed E-state index contributed by atoms with van der Waals surface area (Å²) in [6, 6.07) is 13.1. The molecule has 0 unspecified atom stereocenters. The highest BCUT2D eigenvalue weighted by Gasteiger charge is 2.11. The molecule has 6 heteroatoms. The van der Waals surface area contributed by atoms with Gasteiger partial charge in [-0.15, -0.1) is 0 Å². The Morgan fingerprint density at radius 3 is 2.81 bits per heavy atom. The molecule has 0 atom stereocenters. The van der Waals surface area contributed by atoms with Crippen molar-refractivity contribution in [2.75, 3.05) is 17.7 Å². The van der Waals surface area contributed by atoms with Crippen LogP contribution in [-0.4, -0.2) is 23.0 Å². The van der Waals surface area contributed by atoms with Crippen molar-refractivity contribution >= 4 is 17.3 Å². The lowest BCUT2D eigenvalue weighted by Crippen LogP contribution is -2.13. The van der Waals surface area contributed by atoms with Gasteiger partial charge < -0.3 is 15.4 Å². The van der Waals surface area contributed by atoms with Crippen molar-refractivity contribution in [1.82, 2.24) is 9.97 Å². The number of pyridine rings is 2. The fourth-order valence-corrected chi connectivity index (χ4v) is 2.47. The van der Waals surface area contributed by atoms with Gasteiger partial charge in [0.1, 0.15) is 5.75 Å². The number of aryl methyl sites for hydroxylation is 1. The monoisotopic (exact) mass is 348 g/mol. The number of hydrogen-bond donors (Lipinski definition) is 2. The minimum atomic E-state index is -0.247. The number of rotatable bonds is 6. The van der Waals surface area contributed by atoms with E-state index in [0.717, 1.165) is 16.9 Å². The van der Waals surface area contributed by atoms with Gasteiger partial charge in [0.25, 0.3) is 5.91 Å².